The van der Waals surface area contributed by atoms with Crippen LogP contribution in [0.5, 0.6) is 11.5 Å². The number of hydrogen-bond acceptors (Lipinski definition) is 5. The molecule has 0 aromatic heterocycles. The summed E-state index contributed by atoms with van der Waals surface area (Å²) in [4.78, 5) is 24.1. The molecule has 0 bridgehead atoms. The molecule has 2 heterocycles. The Balaban J connectivity index is 1.84. The maximum Gasteiger partial charge on any atom is 0.551 e. The highest BCUT2D eigenvalue weighted by molar-refractivity contribution is 7.58. The second kappa shape index (κ2) is 3.96. The van der Waals surface area contributed by atoms with Gasteiger partial charge in [-0.3, -0.25) is 9.59 Å². The van der Waals surface area contributed by atoms with Crippen molar-refractivity contribution < 1.29 is 23.2 Å². The first-order valence-electron chi connectivity index (χ1n) is 6.17. The zero-order valence-corrected chi connectivity index (χ0v) is 11.4. The van der Waals surface area contributed by atoms with Crippen molar-refractivity contribution in [2.45, 2.75) is 0 Å². The fraction of sp³-hybridized carbons (Fsp3) is 0. The standard InChI is InChI=1S/C14H8NO5P/c16-13-9-5-1-2-6-10(9)15(14(13)17)21(18)19-11-7-3-4-8-12(11)20-21/h1-8H. The summed E-state index contributed by atoms with van der Waals surface area (Å²) < 4.78 is 24.4. The largest absolute Gasteiger partial charge is 0.551 e. The molecule has 2 aliphatic heterocycles. The van der Waals surface area contributed by atoms with Crippen LogP contribution in [0.1, 0.15) is 10.4 Å². The van der Waals surface area contributed by atoms with Gasteiger partial charge in [0, 0.05) is 0 Å². The first-order chi connectivity index (χ1) is 10.1. The maximum atomic E-state index is 12.9. The van der Waals surface area contributed by atoms with Crippen molar-refractivity contribution in [2.24, 2.45) is 0 Å². The van der Waals surface area contributed by atoms with Gasteiger partial charge in [0.2, 0.25) is 0 Å². The summed E-state index contributed by atoms with van der Waals surface area (Å²) in [6, 6.07) is 12.9. The van der Waals surface area contributed by atoms with Crippen LogP contribution in [0.2, 0.25) is 0 Å². The molecule has 6 nitrogen and oxygen atoms in total. The van der Waals surface area contributed by atoms with Gasteiger partial charge in [-0.05, 0) is 24.3 Å². The number of nitrogens with zero attached hydrogens (tertiary/aromatic N) is 1. The lowest BCUT2D eigenvalue weighted by atomic mass is 10.1. The van der Waals surface area contributed by atoms with Gasteiger partial charge in [-0.1, -0.05) is 24.3 Å². The molecule has 104 valence electrons. The minimum Gasteiger partial charge on any atom is -0.396 e. The summed E-state index contributed by atoms with van der Waals surface area (Å²) in [5, 5.41) is 0. The predicted octanol–water partition coefficient (Wildman–Crippen LogP) is 2.80. The number of Topliss-reactive ketones (excluding diaryl/α,β-unsaturated/α-hetero) is 1. The van der Waals surface area contributed by atoms with Crippen molar-refractivity contribution in [3.63, 3.8) is 0 Å². The third-order valence-corrected chi connectivity index (χ3v) is 5.03. The van der Waals surface area contributed by atoms with Gasteiger partial charge in [0.15, 0.2) is 11.5 Å². The van der Waals surface area contributed by atoms with E-state index in [9.17, 15) is 14.2 Å². The molecule has 0 saturated heterocycles. The van der Waals surface area contributed by atoms with Crippen LogP contribution in [-0.4, -0.2) is 11.7 Å². The smallest absolute Gasteiger partial charge is 0.396 e. The van der Waals surface area contributed by atoms with Crippen molar-refractivity contribution in [3.05, 3.63) is 54.1 Å². The van der Waals surface area contributed by atoms with Crippen LogP contribution in [0.4, 0.5) is 5.69 Å². The lowest BCUT2D eigenvalue weighted by Gasteiger charge is -2.20. The number of fused-ring (bicyclic) bond motifs is 2. The second-order valence-electron chi connectivity index (χ2n) is 4.56. The third kappa shape index (κ3) is 1.56. The monoisotopic (exact) mass is 301 g/mol. The van der Waals surface area contributed by atoms with Crippen molar-refractivity contribution in [3.8, 4) is 11.5 Å². The maximum absolute atomic E-state index is 12.9. The van der Waals surface area contributed by atoms with Gasteiger partial charge in [0.1, 0.15) is 0 Å². The Morgan fingerprint density at radius 1 is 0.857 bits per heavy atom. The number of hydrogen-bond donors (Lipinski definition) is 0. The number of carbonyl (C=O) groups is 2. The van der Waals surface area contributed by atoms with E-state index in [4.69, 9.17) is 9.05 Å². The Morgan fingerprint density at radius 3 is 2.10 bits per heavy atom. The van der Waals surface area contributed by atoms with Gasteiger partial charge in [-0.2, -0.15) is 4.67 Å². The van der Waals surface area contributed by atoms with E-state index in [2.05, 4.69) is 0 Å². The summed E-state index contributed by atoms with van der Waals surface area (Å²) in [6.07, 6.45) is 0. The molecule has 0 aliphatic carbocycles. The Morgan fingerprint density at radius 2 is 1.43 bits per heavy atom. The lowest BCUT2D eigenvalue weighted by molar-refractivity contribution is -0.113. The van der Waals surface area contributed by atoms with E-state index >= 15 is 0 Å². The molecular formula is C14H8NO5P. The Kier molecular flexibility index (Phi) is 2.30. The Bertz CT molecular complexity index is 818. The van der Waals surface area contributed by atoms with Gasteiger partial charge in [0.25, 0.3) is 5.78 Å². The molecular weight excluding hydrogens is 293 g/mol. The van der Waals surface area contributed by atoms with Crippen LogP contribution < -0.4 is 13.7 Å². The Labute approximate surface area is 119 Å². The van der Waals surface area contributed by atoms with Crippen LogP contribution in [0.3, 0.4) is 0 Å². The van der Waals surface area contributed by atoms with Crippen molar-refractivity contribution >= 4 is 25.1 Å². The topological polar surface area (TPSA) is 72.9 Å². The average Bonchev–Trinajstić information content (AvgIpc) is 2.95. The highest BCUT2D eigenvalue weighted by Gasteiger charge is 2.53. The summed E-state index contributed by atoms with van der Waals surface area (Å²) in [7, 11) is -3.96. The van der Waals surface area contributed by atoms with Crippen LogP contribution in [-0.2, 0) is 9.36 Å². The molecule has 0 atom stereocenters. The van der Waals surface area contributed by atoms with Crippen LogP contribution in [0.25, 0.3) is 0 Å². The molecule has 2 aromatic carbocycles. The summed E-state index contributed by atoms with van der Waals surface area (Å²) in [5.41, 5.74) is 0.435. The van der Waals surface area contributed by atoms with Crippen molar-refractivity contribution in [1.29, 1.82) is 0 Å². The molecule has 4 rings (SSSR count). The first-order valence-corrected chi connectivity index (χ1v) is 7.66. The number of carbonyl (C=O) groups excluding carboxylic acids is 2. The molecule has 2 aliphatic rings. The van der Waals surface area contributed by atoms with Gasteiger partial charge in [-0.15, -0.1) is 0 Å². The molecule has 0 unspecified atom stereocenters. The van der Waals surface area contributed by atoms with Gasteiger partial charge >= 0.3 is 13.7 Å². The third-order valence-electron chi connectivity index (χ3n) is 3.29. The van der Waals surface area contributed by atoms with E-state index in [0.29, 0.717) is 0 Å². The molecule has 7 heteroatoms. The molecule has 2 aromatic rings. The summed E-state index contributed by atoms with van der Waals surface area (Å²) in [5.74, 6) is -1.06. The molecule has 0 fully saturated rings. The number of anilines is 1. The number of ketones is 1. The lowest BCUT2D eigenvalue weighted by Crippen LogP contribution is -2.29. The van der Waals surface area contributed by atoms with Crippen molar-refractivity contribution in [1.82, 2.24) is 0 Å². The quantitative estimate of drug-likeness (QED) is 0.598. The van der Waals surface area contributed by atoms with Gasteiger partial charge < -0.3 is 9.05 Å². The van der Waals surface area contributed by atoms with E-state index in [0.717, 1.165) is 4.67 Å². The number of benzene rings is 2. The number of para-hydroxylation sites is 3. The van der Waals surface area contributed by atoms with E-state index < -0.39 is 19.4 Å². The summed E-state index contributed by atoms with van der Waals surface area (Å²) in [6.45, 7) is 0. The fourth-order valence-corrected chi connectivity index (χ4v) is 4.12. The highest BCUT2D eigenvalue weighted by Crippen LogP contribution is 2.62. The fourth-order valence-electron chi connectivity index (χ4n) is 2.36. The normalized spacial score (nSPS) is 18.0. The summed E-state index contributed by atoms with van der Waals surface area (Å²) >= 11 is 0. The van der Waals surface area contributed by atoms with Crippen LogP contribution in [0, 0.1) is 0 Å². The predicted molar refractivity (Wildman–Crippen MR) is 73.6 cm³/mol. The van der Waals surface area contributed by atoms with Crippen LogP contribution >= 0.6 is 7.75 Å². The van der Waals surface area contributed by atoms with E-state index in [1.54, 1.807) is 36.4 Å². The molecule has 0 radical (unpaired) electrons. The SMILES string of the molecule is O=C1C(=O)N(P2(=O)Oc3ccccc3O2)c2ccccc21. The van der Waals surface area contributed by atoms with Gasteiger partial charge in [-0.25, -0.2) is 4.57 Å². The van der Waals surface area contributed by atoms with E-state index in [1.807, 2.05) is 0 Å². The molecule has 21 heavy (non-hydrogen) atoms. The molecule has 0 saturated carbocycles. The minimum atomic E-state index is -3.96. The molecule has 0 N–H and O–H groups in total. The van der Waals surface area contributed by atoms with Gasteiger partial charge in [0.05, 0.1) is 11.3 Å². The molecule has 0 spiro atoms. The highest BCUT2D eigenvalue weighted by atomic mass is 31.2. The number of rotatable bonds is 1. The van der Waals surface area contributed by atoms with E-state index in [1.165, 1.54) is 12.1 Å². The minimum absolute atomic E-state index is 0.195. The zero-order valence-electron chi connectivity index (χ0n) is 10.6. The second-order valence-corrected chi connectivity index (χ2v) is 6.26. The van der Waals surface area contributed by atoms with Crippen molar-refractivity contribution in [2.75, 3.05) is 4.67 Å². The Hall–Kier alpha value is -2.59. The number of amides is 1. The van der Waals surface area contributed by atoms with E-state index in [-0.39, 0.29) is 22.7 Å². The molecule has 1 amide bonds. The zero-order chi connectivity index (χ0) is 14.6. The first kappa shape index (κ1) is 12.2. The average molecular weight is 301 g/mol. The van der Waals surface area contributed by atoms with Crippen LogP contribution in [0.15, 0.2) is 48.5 Å².